The SMILES string of the molecule is N#Cc1csc(-c2ccc(C[C@H]3NC[C@H](O)[C@H]3OC(=O)NCc3cccc(F)c3)cc2)c1. The largest absolute Gasteiger partial charge is 0.442 e. The molecule has 0 unspecified atom stereocenters. The third-order valence-electron chi connectivity index (χ3n) is 5.36. The van der Waals surface area contributed by atoms with Crippen molar-refractivity contribution in [1.29, 1.82) is 5.26 Å². The van der Waals surface area contributed by atoms with Gasteiger partial charge in [-0.2, -0.15) is 5.26 Å². The van der Waals surface area contributed by atoms with Crippen molar-refractivity contribution < 1.29 is 19.0 Å². The molecule has 1 fully saturated rings. The summed E-state index contributed by atoms with van der Waals surface area (Å²) in [5, 5.41) is 26.9. The van der Waals surface area contributed by atoms with Crippen LogP contribution < -0.4 is 10.6 Å². The van der Waals surface area contributed by atoms with Crippen molar-refractivity contribution in [1.82, 2.24) is 10.6 Å². The van der Waals surface area contributed by atoms with Crippen molar-refractivity contribution in [2.75, 3.05) is 6.54 Å². The number of alkyl carbamates (subject to hydrolysis) is 1. The van der Waals surface area contributed by atoms with Crippen LogP contribution in [0.25, 0.3) is 10.4 Å². The normalized spacial score (nSPS) is 20.0. The number of nitrogens with zero attached hydrogens (tertiary/aromatic N) is 1. The van der Waals surface area contributed by atoms with E-state index >= 15 is 0 Å². The van der Waals surface area contributed by atoms with E-state index in [1.807, 2.05) is 35.7 Å². The molecule has 0 saturated carbocycles. The Morgan fingerprint density at radius 2 is 2.06 bits per heavy atom. The number of carbonyl (C=O) groups is 1. The number of β-amino-alcohol motifs (C(OH)–C–C–N with tert-alkyl or cyclic N) is 1. The lowest BCUT2D eigenvalue weighted by molar-refractivity contribution is 0.0188. The van der Waals surface area contributed by atoms with Crippen molar-refractivity contribution in [2.45, 2.75) is 31.2 Å². The first-order valence-electron chi connectivity index (χ1n) is 10.2. The zero-order chi connectivity index (χ0) is 22.5. The van der Waals surface area contributed by atoms with Crippen LogP contribution in [-0.4, -0.2) is 36.0 Å². The summed E-state index contributed by atoms with van der Waals surface area (Å²) in [7, 11) is 0. The fourth-order valence-corrected chi connectivity index (χ4v) is 4.56. The molecule has 1 amide bonds. The van der Waals surface area contributed by atoms with Gasteiger partial charge in [0, 0.05) is 23.3 Å². The minimum Gasteiger partial charge on any atom is -0.442 e. The van der Waals surface area contributed by atoms with E-state index in [0.717, 1.165) is 16.0 Å². The fourth-order valence-electron chi connectivity index (χ4n) is 3.71. The Hall–Kier alpha value is -3.25. The third-order valence-corrected chi connectivity index (χ3v) is 6.34. The Labute approximate surface area is 189 Å². The van der Waals surface area contributed by atoms with Gasteiger partial charge in [0.1, 0.15) is 24.1 Å². The van der Waals surface area contributed by atoms with Crippen LogP contribution in [0, 0.1) is 17.1 Å². The number of nitriles is 1. The van der Waals surface area contributed by atoms with Gasteiger partial charge in [-0.05, 0) is 41.3 Å². The first-order chi connectivity index (χ1) is 15.5. The lowest BCUT2D eigenvalue weighted by Crippen LogP contribution is -2.41. The summed E-state index contributed by atoms with van der Waals surface area (Å²) in [5.41, 5.74) is 3.33. The van der Waals surface area contributed by atoms with Gasteiger partial charge in [0.15, 0.2) is 0 Å². The second-order valence-corrected chi connectivity index (χ2v) is 8.56. The number of carbonyl (C=O) groups excluding carboxylic acids is 1. The maximum Gasteiger partial charge on any atom is 0.407 e. The van der Waals surface area contributed by atoms with Crippen LogP contribution in [0.15, 0.2) is 60.0 Å². The molecule has 1 aromatic heterocycles. The number of nitrogens with one attached hydrogen (secondary N) is 2. The molecular formula is C24H22FN3O3S. The molecule has 0 aliphatic carbocycles. The number of thiophene rings is 1. The Morgan fingerprint density at radius 3 is 2.78 bits per heavy atom. The first kappa shape index (κ1) is 22.0. The van der Waals surface area contributed by atoms with Crippen molar-refractivity contribution in [3.8, 4) is 16.5 Å². The van der Waals surface area contributed by atoms with Gasteiger partial charge in [-0.3, -0.25) is 0 Å². The van der Waals surface area contributed by atoms with Gasteiger partial charge in [-0.15, -0.1) is 11.3 Å². The maximum absolute atomic E-state index is 13.3. The second-order valence-electron chi connectivity index (χ2n) is 7.65. The Morgan fingerprint density at radius 1 is 1.25 bits per heavy atom. The lowest BCUT2D eigenvalue weighted by Gasteiger charge is -2.22. The van der Waals surface area contributed by atoms with E-state index in [1.54, 1.807) is 12.1 Å². The molecule has 6 nitrogen and oxygen atoms in total. The molecule has 4 rings (SSSR count). The van der Waals surface area contributed by atoms with Gasteiger partial charge in [0.25, 0.3) is 0 Å². The van der Waals surface area contributed by atoms with E-state index in [4.69, 9.17) is 10.00 Å². The van der Waals surface area contributed by atoms with Crippen LogP contribution in [0.3, 0.4) is 0 Å². The number of benzene rings is 2. The highest BCUT2D eigenvalue weighted by molar-refractivity contribution is 7.13. The number of ether oxygens (including phenoxy) is 1. The smallest absolute Gasteiger partial charge is 0.407 e. The van der Waals surface area contributed by atoms with E-state index in [1.165, 1.54) is 23.5 Å². The third kappa shape index (κ3) is 5.32. The van der Waals surface area contributed by atoms with E-state index in [-0.39, 0.29) is 18.4 Å². The van der Waals surface area contributed by atoms with Crippen LogP contribution in [0.2, 0.25) is 0 Å². The molecule has 3 aromatic rings. The highest BCUT2D eigenvalue weighted by atomic mass is 32.1. The number of aliphatic hydroxyl groups is 1. The summed E-state index contributed by atoms with van der Waals surface area (Å²) in [6.45, 7) is 0.464. The minimum absolute atomic E-state index is 0.134. The fraction of sp³-hybridized carbons (Fsp3) is 0.250. The number of halogens is 1. The Bertz CT molecular complexity index is 1130. The first-order valence-corrected chi connectivity index (χ1v) is 11.1. The van der Waals surface area contributed by atoms with Crippen LogP contribution in [0.5, 0.6) is 0 Å². The molecule has 3 N–H and O–H groups in total. The van der Waals surface area contributed by atoms with Gasteiger partial charge < -0.3 is 20.5 Å². The van der Waals surface area contributed by atoms with Gasteiger partial charge in [-0.25, -0.2) is 9.18 Å². The summed E-state index contributed by atoms with van der Waals surface area (Å²) < 4.78 is 18.8. The molecule has 0 bridgehead atoms. The number of aliphatic hydroxyl groups excluding tert-OH is 1. The van der Waals surface area contributed by atoms with Crippen LogP contribution in [0.4, 0.5) is 9.18 Å². The summed E-state index contributed by atoms with van der Waals surface area (Å²) >= 11 is 1.52. The van der Waals surface area contributed by atoms with E-state index < -0.39 is 18.3 Å². The zero-order valence-electron chi connectivity index (χ0n) is 17.1. The monoisotopic (exact) mass is 451 g/mol. The van der Waals surface area contributed by atoms with E-state index in [9.17, 15) is 14.3 Å². The minimum atomic E-state index is -0.810. The topological polar surface area (TPSA) is 94.4 Å². The van der Waals surface area contributed by atoms with Gasteiger partial charge in [0.05, 0.1) is 11.6 Å². The quantitative estimate of drug-likeness (QED) is 0.532. The molecule has 0 spiro atoms. The highest BCUT2D eigenvalue weighted by Crippen LogP contribution is 2.28. The molecule has 1 saturated heterocycles. The predicted molar refractivity (Wildman–Crippen MR) is 119 cm³/mol. The van der Waals surface area contributed by atoms with Gasteiger partial charge in [-0.1, -0.05) is 36.4 Å². The van der Waals surface area contributed by atoms with Crippen LogP contribution >= 0.6 is 11.3 Å². The Kier molecular flexibility index (Phi) is 6.81. The van der Waals surface area contributed by atoms with Gasteiger partial charge >= 0.3 is 6.09 Å². The average molecular weight is 452 g/mol. The maximum atomic E-state index is 13.3. The van der Waals surface area contributed by atoms with Crippen molar-refractivity contribution in [2.24, 2.45) is 0 Å². The summed E-state index contributed by atoms with van der Waals surface area (Å²) in [5.74, 6) is -0.372. The highest BCUT2D eigenvalue weighted by Gasteiger charge is 2.37. The molecule has 0 radical (unpaired) electrons. The van der Waals surface area contributed by atoms with Crippen molar-refractivity contribution in [3.05, 3.63) is 82.5 Å². The predicted octanol–water partition coefficient (Wildman–Crippen LogP) is 3.60. The zero-order valence-corrected chi connectivity index (χ0v) is 17.9. The Balaban J connectivity index is 1.34. The van der Waals surface area contributed by atoms with E-state index in [2.05, 4.69) is 16.7 Å². The van der Waals surface area contributed by atoms with Gasteiger partial charge in [0.2, 0.25) is 0 Å². The molecular weight excluding hydrogens is 429 g/mol. The number of rotatable bonds is 6. The second kappa shape index (κ2) is 9.92. The van der Waals surface area contributed by atoms with Crippen LogP contribution in [-0.2, 0) is 17.7 Å². The van der Waals surface area contributed by atoms with Crippen LogP contribution in [0.1, 0.15) is 16.7 Å². The molecule has 1 aliphatic rings. The molecule has 164 valence electrons. The standard InChI is InChI=1S/C24H22FN3O3S/c25-19-3-1-2-16(8-19)12-28-24(30)31-23-20(27-13-21(23)29)9-15-4-6-18(7-5-15)22-10-17(11-26)14-32-22/h1-8,10,14,20-21,23,27,29H,9,12-13H2,(H,28,30)/t20-,21+,23+/m1/s1. The number of amides is 1. The molecule has 32 heavy (non-hydrogen) atoms. The average Bonchev–Trinajstić information content (AvgIpc) is 3.41. The summed E-state index contributed by atoms with van der Waals surface area (Å²) in [6, 6.07) is 17.7. The molecule has 8 heteroatoms. The van der Waals surface area contributed by atoms with Crippen molar-refractivity contribution in [3.63, 3.8) is 0 Å². The van der Waals surface area contributed by atoms with E-state index in [0.29, 0.717) is 24.1 Å². The number of hydrogen-bond donors (Lipinski definition) is 3. The lowest BCUT2D eigenvalue weighted by atomic mass is 10.00. The summed E-state index contributed by atoms with van der Waals surface area (Å²) in [6.07, 6.45) is -1.59. The summed E-state index contributed by atoms with van der Waals surface area (Å²) in [4.78, 5) is 13.3. The van der Waals surface area contributed by atoms with Crippen molar-refractivity contribution >= 4 is 17.4 Å². The molecule has 1 aliphatic heterocycles. The number of hydrogen-bond acceptors (Lipinski definition) is 6. The molecule has 3 atom stereocenters. The molecule has 2 heterocycles. The molecule has 2 aromatic carbocycles.